The third-order valence-electron chi connectivity index (χ3n) is 4.68. The first kappa shape index (κ1) is 17.4. The number of anilines is 2. The van der Waals surface area contributed by atoms with Gasteiger partial charge in [-0.1, -0.05) is 17.7 Å². The standard InChI is InChI=1S/C21H20FN3O2/c1-14-2-5-16(6-3-14)24-20-17-12-15(22)4-7-19(17)23-13-18(20)21(26)25-8-10-27-11-9-25/h2-7,12-13H,8-11H2,1H3,(H,23,24). The topological polar surface area (TPSA) is 54.5 Å². The molecule has 0 atom stereocenters. The van der Waals surface area contributed by atoms with Gasteiger partial charge < -0.3 is 15.0 Å². The van der Waals surface area contributed by atoms with Gasteiger partial charge in [-0.05, 0) is 37.3 Å². The second-order valence-electron chi connectivity index (χ2n) is 6.60. The Bertz CT molecular complexity index is 983. The van der Waals surface area contributed by atoms with E-state index in [0.717, 1.165) is 11.3 Å². The Labute approximate surface area is 156 Å². The molecule has 0 unspecified atom stereocenters. The molecule has 0 bridgehead atoms. The monoisotopic (exact) mass is 365 g/mol. The van der Waals surface area contributed by atoms with Crippen LogP contribution in [0.15, 0.2) is 48.7 Å². The number of hydrogen-bond donors (Lipinski definition) is 1. The van der Waals surface area contributed by atoms with E-state index in [-0.39, 0.29) is 11.7 Å². The Morgan fingerprint density at radius 3 is 2.63 bits per heavy atom. The molecular formula is C21H20FN3O2. The summed E-state index contributed by atoms with van der Waals surface area (Å²) in [7, 11) is 0. The van der Waals surface area contributed by atoms with Crippen molar-refractivity contribution in [1.29, 1.82) is 0 Å². The number of carbonyl (C=O) groups excluding carboxylic acids is 1. The molecule has 0 saturated carbocycles. The highest BCUT2D eigenvalue weighted by molar-refractivity contribution is 6.08. The van der Waals surface area contributed by atoms with Gasteiger partial charge in [0.25, 0.3) is 5.91 Å². The quantitative estimate of drug-likeness (QED) is 0.765. The minimum Gasteiger partial charge on any atom is -0.378 e. The number of carbonyl (C=O) groups is 1. The fourth-order valence-electron chi connectivity index (χ4n) is 3.18. The molecule has 3 aromatic rings. The summed E-state index contributed by atoms with van der Waals surface area (Å²) in [5.41, 5.74) is 3.59. The Kier molecular flexibility index (Phi) is 4.73. The molecule has 0 radical (unpaired) electrons. The molecule has 1 aliphatic heterocycles. The van der Waals surface area contributed by atoms with Crippen molar-refractivity contribution in [2.24, 2.45) is 0 Å². The minimum atomic E-state index is -0.368. The highest BCUT2D eigenvalue weighted by Gasteiger charge is 2.23. The van der Waals surface area contributed by atoms with Crippen molar-refractivity contribution in [3.05, 3.63) is 65.6 Å². The van der Waals surface area contributed by atoms with Crippen LogP contribution in [0.1, 0.15) is 15.9 Å². The highest BCUT2D eigenvalue weighted by atomic mass is 19.1. The van der Waals surface area contributed by atoms with E-state index in [1.165, 1.54) is 12.1 Å². The summed E-state index contributed by atoms with van der Waals surface area (Å²) < 4.78 is 19.3. The van der Waals surface area contributed by atoms with Crippen molar-refractivity contribution in [3.8, 4) is 0 Å². The third kappa shape index (κ3) is 3.61. The maximum absolute atomic E-state index is 13.9. The van der Waals surface area contributed by atoms with E-state index in [1.807, 2.05) is 31.2 Å². The van der Waals surface area contributed by atoms with E-state index in [0.29, 0.717) is 48.5 Å². The number of rotatable bonds is 3. The zero-order valence-electron chi connectivity index (χ0n) is 15.0. The normalized spacial score (nSPS) is 14.4. The number of aryl methyl sites for hydroxylation is 1. The Balaban J connectivity index is 1.81. The van der Waals surface area contributed by atoms with E-state index in [2.05, 4.69) is 10.3 Å². The van der Waals surface area contributed by atoms with Gasteiger partial charge in [0.15, 0.2) is 0 Å². The first-order valence-electron chi connectivity index (χ1n) is 8.91. The van der Waals surface area contributed by atoms with E-state index < -0.39 is 0 Å². The summed E-state index contributed by atoms with van der Waals surface area (Å²) >= 11 is 0. The molecule has 2 heterocycles. The number of amides is 1. The van der Waals surface area contributed by atoms with Crippen LogP contribution >= 0.6 is 0 Å². The number of ether oxygens (including phenoxy) is 1. The highest BCUT2D eigenvalue weighted by Crippen LogP contribution is 2.31. The van der Waals surface area contributed by atoms with Gasteiger partial charge in [-0.25, -0.2) is 4.39 Å². The summed E-state index contributed by atoms with van der Waals surface area (Å²) in [4.78, 5) is 19.2. The SMILES string of the molecule is Cc1ccc(Nc2c(C(=O)N3CCOCC3)cnc3ccc(F)cc23)cc1. The molecular weight excluding hydrogens is 345 g/mol. The molecule has 1 fully saturated rings. The van der Waals surface area contributed by atoms with Crippen LogP contribution < -0.4 is 5.32 Å². The number of nitrogens with zero attached hydrogens (tertiary/aromatic N) is 2. The number of halogens is 1. The van der Waals surface area contributed by atoms with Crippen LogP contribution in [0, 0.1) is 12.7 Å². The van der Waals surface area contributed by atoms with Crippen LogP contribution in [0.2, 0.25) is 0 Å². The van der Waals surface area contributed by atoms with Crippen LogP contribution in [0.3, 0.4) is 0 Å². The van der Waals surface area contributed by atoms with Gasteiger partial charge in [0, 0.05) is 30.4 Å². The van der Waals surface area contributed by atoms with Crippen LogP contribution in [0.25, 0.3) is 10.9 Å². The van der Waals surface area contributed by atoms with Crippen LogP contribution in [-0.2, 0) is 4.74 Å². The Morgan fingerprint density at radius 1 is 1.15 bits per heavy atom. The predicted octanol–water partition coefficient (Wildman–Crippen LogP) is 3.90. The largest absolute Gasteiger partial charge is 0.378 e. The summed E-state index contributed by atoms with van der Waals surface area (Å²) in [6.07, 6.45) is 1.56. The molecule has 27 heavy (non-hydrogen) atoms. The van der Waals surface area contributed by atoms with Crippen molar-refractivity contribution in [2.45, 2.75) is 6.92 Å². The maximum Gasteiger partial charge on any atom is 0.257 e. The van der Waals surface area contributed by atoms with Crippen molar-refractivity contribution in [2.75, 3.05) is 31.6 Å². The number of pyridine rings is 1. The van der Waals surface area contributed by atoms with Crippen LogP contribution in [0.5, 0.6) is 0 Å². The molecule has 1 amide bonds. The van der Waals surface area contributed by atoms with E-state index >= 15 is 0 Å². The number of hydrogen-bond acceptors (Lipinski definition) is 4. The van der Waals surface area contributed by atoms with Gasteiger partial charge in [0.2, 0.25) is 0 Å². The molecule has 0 aliphatic carbocycles. The number of aromatic nitrogens is 1. The summed E-state index contributed by atoms with van der Waals surface area (Å²) in [5, 5.41) is 3.88. The van der Waals surface area contributed by atoms with Gasteiger partial charge in [0.05, 0.1) is 30.0 Å². The zero-order chi connectivity index (χ0) is 18.8. The molecule has 1 aliphatic rings. The second kappa shape index (κ2) is 7.32. The number of morpholine rings is 1. The zero-order valence-corrected chi connectivity index (χ0v) is 15.0. The van der Waals surface area contributed by atoms with Crippen LogP contribution in [-0.4, -0.2) is 42.1 Å². The van der Waals surface area contributed by atoms with Gasteiger partial charge in [-0.15, -0.1) is 0 Å². The molecule has 5 nitrogen and oxygen atoms in total. The molecule has 6 heteroatoms. The van der Waals surface area contributed by atoms with Gasteiger partial charge >= 0.3 is 0 Å². The number of benzene rings is 2. The lowest BCUT2D eigenvalue weighted by Gasteiger charge is -2.28. The average Bonchev–Trinajstić information content (AvgIpc) is 2.70. The molecule has 1 aromatic heterocycles. The minimum absolute atomic E-state index is 0.133. The Morgan fingerprint density at radius 2 is 1.89 bits per heavy atom. The van der Waals surface area contributed by atoms with E-state index in [1.54, 1.807) is 17.2 Å². The summed E-state index contributed by atoms with van der Waals surface area (Å²) in [6.45, 7) is 4.10. The van der Waals surface area contributed by atoms with Crippen molar-refractivity contribution in [3.63, 3.8) is 0 Å². The fourth-order valence-corrected chi connectivity index (χ4v) is 3.18. The third-order valence-corrected chi connectivity index (χ3v) is 4.68. The van der Waals surface area contributed by atoms with Gasteiger partial charge in [0.1, 0.15) is 5.82 Å². The average molecular weight is 365 g/mol. The van der Waals surface area contributed by atoms with Gasteiger partial charge in [-0.3, -0.25) is 9.78 Å². The number of nitrogens with one attached hydrogen (secondary N) is 1. The smallest absolute Gasteiger partial charge is 0.257 e. The summed E-state index contributed by atoms with van der Waals surface area (Å²) in [5.74, 6) is -0.501. The first-order valence-corrected chi connectivity index (χ1v) is 8.91. The lowest BCUT2D eigenvalue weighted by Crippen LogP contribution is -2.41. The Hall–Kier alpha value is -2.99. The molecule has 4 rings (SSSR count). The van der Waals surface area contributed by atoms with Crippen molar-refractivity contribution in [1.82, 2.24) is 9.88 Å². The van der Waals surface area contributed by atoms with E-state index in [4.69, 9.17) is 4.74 Å². The lowest BCUT2D eigenvalue weighted by molar-refractivity contribution is 0.0303. The van der Waals surface area contributed by atoms with Crippen molar-refractivity contribution >= 4 is 28.2 Å². The van der Waals surface area contributed by atoms with E-state index in [9.17, 15) is 9.18 Å². The first-order chi connectivity index (χ1) is 13.1. The summed E-state index contributed by atoms with van der Waals surface area (Å²) in [6, 6.07) is 12.2. The maximum atomic E-state index is 13.9. The molecule has 138 valence electrons. The molecule has 2 aromatic carbocycles. The van der Waals surface area contributed by atoms with Gasteiger partial charge in [-0.2, -0.15) is 0 Å². The molecule has 1 N–H and O–H groups in total. The van der Waals surface area contributed by atoms with Crippen molar-refractivity contribution < 1.29 is 13.9 Å². The molecule has 1 saturated heterocycles. The fraction of sp³-hybridized carbons (Fsp3) is 0.238. The lowest BCUT2D eigenvalue weighted by atomic mass is 10.1. The predicted molar refractivity (Wildman–Crippen MR) is 103 cm³/mol. The van der Waals surface area contributed by atoms with Crippen LogP contribution in [0.4, 0.5) is 15.8 Å². The second-order valence-corrected chi connectivity index (χ2v) is 6.60. The molecule has 0 spiro atoms. The number of fused-ring (bicyclic) bond motifs is 1.